The van der Waals surface area contributed by atoms with Gasteiger partial charge in [0.05, 0.1) is 5.69 Å². The molecule has 186 valence electrons. The highest BCUT2D eigenvalue weighted by atomic mass is 32.2. The Morgan fingerprint density at radius 1 is 0.879 bits per heavy atom. The SMILES string of the molecule is CCCCCCN(CCCCCC)c1ccc(N=NC2SC(C)=C(C)N2CCCCN)cc1. The average Bonchev–Trinajstić information content (AvgIpc) is 3.10. The predicted molar refractivity (Wildman–Crippen MR) is 146 cm³/mol. The molecule has 1 unspecified atom stereocenters. The smallest absolute Gasteiger partial charge is 0.193 e. The van der Waals surface area contributed by atoms with Crippen LogP contribution in [0.1, 0.15) is 91.9 Å². The summed E-state index contributed by atoms with van der Waals surface area (Å²) in [5, 5.41) is 9.30. The lowest BCUT2D eigenvalue weighted by Gasteiger charge is -2.25. The third-order valence-electron chi connectivity index (χ3n) is 6.39. The van der Waals surface area contributed by atoms with Crippen molar-refractivity contribution < 1.29 is 0 Å². The molecule has 1 aliphatic heterocycles. The Labute approximate surface area is 207 Å². The van der Waals surface area contributed by atoms with Gasteiger partial charge in [-0.25, -0.2) is 0 Å². The molecule has 6 heteroatoms. The van der Waals surface area contributed by atoms with Crippen LogP contribution < -0.4 is 10.6 Å². The molecule has 1 heterocycles. The lowest BCUT2D eigenvalue weighted by atomic mass is 10.1. The molecule has 0 radical (unpaired) electrons. The van der Waals surface area contributed by atoms with E-state index in [1.165, 1.54) is 67.7 Å². The van der Waals surface area contributed by atoms with E-state index in [0.717, 1.165) is 44.7 Å². The lowest BCUT2D eigenvalue weighted by molar-refractivity contribution is 0.324. The summed E-state index contributed by atoms with van der Waals surface area (Å²) >= 11 is 1.80. The second-order valence-corrected chi connectivity index (χ2v) is 10.4. The van der Waals surface area contributed by atoms with E-state index in [-0.39, 0.29) is 5.50 Å². The largest absolute Gasteiger partial charge is 0.372 e. The van der Waals surface area contributed by atoms with Gasteiger partial charge in [0.2, 0.25) is 0 Å². The van der Waals surface area contributed by atoms with Gasteiger partial charge < -0.3 is 15.5 Å². The van der Waals surface area contributed by atoms with Gasteiger partial charge in [0.1, 0.15) is 0 Å². The molecule has 5 nitrogen and oxygen atoms in total. The molecule has 1 aromatic carbocycles. The Morgan fingerprint density at radius 3 is 2.09 bits per heavy atom. The van der Waals surface area contributed by atoms with Gasteiger partial charge in [0.25, 0.3) is 0 Å². The molecule has 0 amide bonds. The highest BCUT2D eigenvalue weighted by Crippen LogP contribution is 2.39. The number of unbranched alkanes of at least 4 members (excludes halogenated alkanes) is 7. The summed E-state index contributed by atoms with van der Waals surface area (Å²) in [5.41, 5.74) is 9.28. The van der Waals surface area contributed by atoms with Crippen LogP contribution in [0.15, 0.2) is 45.1 Å². The molecule has 0 saturated carbocycles. The second kappa shape index (κ2) is 16.2. The van der Waals surface area contributed by atoms with E-state index >= 15 is 0 Å². The van der Waals surface area contributed by atoms with E-state index in [9.17, 15) is 0 Å². The number of rotatable bonds is 17. The number of thioether (sulfide) groups is 1. The van der Waals surface area contributed by atoms with Crippen molar-refractivity contribution in [1.29, 1.82) is 0 Å². The molecule has 2 N–H and O–H groups in total. The maximum Gasteiger partial charge on any atom is 0.193 e. The fourth-order valence-electron chi connectivity index (χ4n) is 4.14. The maximum atomic E-state index is 5.68. The number of benzene rings is 1. The second-order valence-electron chi connectivity index (χ2n) is 9.12. The van der Waals surface area contributed by atoms with Gasteiger partial charge in [-0.1, -0.05) is 64.1 Å². The van der Waals surface area contributed by atoms with Gasteiger partial charge in [0.15, 0.2) is 5.50 Å². The monoisotopic (exact) mass is 473 g/mol. The zero-order chi connectivity index (χ0) is 23.9. The molecular formula is C27H47N5S. The van der Waals surface area contributed by atoms with Gasteiger partial charge in [-0.05, 0) is 70.3 Å². The maximum absolute atomic E-state index is 5.68. The Balaban J connectivity index is 1.97. The topological polar surface area (TPSA) is 57.2 Å². The first-order chi connectivity index (χ1) is 16.1. The molecule has 33 heavy (non-hydrogen) atoms. The van der Waals surface area contributed by atoms with Crippen LogP contribution in [-0.4, -0.2) is 36.6 Å². The third kappa shape index (κ3) is 9.70. The van der Waals surface area contributed by atoms with Crippen molar-refractivity contribution in [3.8, 4) is 0 Å². The highest BCUT2D eigenvalue weighted by Gasteiger charge is 2.27. The number of anilines is 1. The molecule has 0 aromatic heterocycles. The van der Waals surface area contributed by atoms with Crippen molar-refractivity contribution >= 4 is 23.1 Å². The van der Waals surface area contributed by atoms with Crippen LogP contribution in [0.2, 0.25) is 0 Å². The van der Waals surface area contributed by atoms with Crippen molar-refractivity contribution in [2.24, 2.45) is 16.0 Å². The van der Waals surface area contributed by atoms with E-state index < -0.39 is 0 Å². The first-order valence-electron chi connectivity index (χ1n) is 13.2. The van der Waals surface area contributed by atoms with E-state index in [2.05, 4.69) is 66.9 Å². The Hall–Kier alpha value is -1.53. The van der Waals surface area contributed by atoms with E-state index in [0.29, 0.717) is 0 Å². The van der Waals surface area contributed by atoms with Gasteiger partial charge >= 0.3 is 0 Å². The molecule has 0 bridgehead atoms. The highest BCUT2D eigenvalue weighted by molar-refractivity contribution is 8.03. The molecule has 0 fully saturated rings. The molecular weight excluding hydrogens is 426 g/mol. The van der Waals surface area contributed by atoms with Crippen LogP contribution in [0.25, 0.3) is 0 Å². The number of nitrogens with two attached hydrogens (primary N) is 1. The summed E-state index contributed by atoms with van der Waals surface area (Å²) in [6.45, 7) is 12.9. The molecule has 1 aliphatic rings. The van der Waals surface area contributed by atoms with E-state index in [4.69, 9.17) is 10.8 Å². The summed E-state index contributed by atoms with van der Waals surface area (Å²) in [7, 11) is 0. The van der Waals surface area contributed by atoms with Crippen molar-refractivity contribution in [3.05, 3.63) is 34.9 Å². The van der Waals surface area contributed by atoms with Crippen LogP contribution in [-0.2, 0) is 0 Å². The molecule has 2 rings (SSSR count). The summed E-state index contributed by atoms with van der Waals surface area (Å²) < 4.78 is 0. The number of azo groups is 1. The van der Waals surface area contributed by atoms with Crippen molar-refractivity contribution in [2.45, 2.75) is 97.4 Å². The quantitative estimate of drug-likeness (QED) is 0.184. The zero-order valence-electron chi connectivity index (χ0n) is 21.6. The summed E-state index contributed by atoms with van der Waals surface area (Å²) in [5.74, 6) is 0. The fourth-order valence-corrected chi connectivity index (χ4v) is 5.23. The van der Waals surface area contributed by atoms with Crippen molar-refractivity contribution in [1.82, 2.24) is 4.90 Å². The zero-order valence-corrected chi connectivity index (χ0v) is 22.4. The summed E-state index contributed by atoms with van der Waals surface area (Å²) in [6.07, 6.45) is 12.6. The number of nitrogens with zero attached hydrogens (tertiary/aromatic N) is 4. The van der Waals surface area contributed by atoms with Gasteiger partial charge in [-0.15, -0.1) is 0 Å². The van der Waals surface area contributed by atoms with Crippen molar-refractivity contribution in [3.63, 3.8) is 0 Å². The normalized spacial score (nSPS) is 16.4. The van der Waals surface area contributed by atoms with Crippen LogP contribution >= 0.6 is 11.8 Å². The van der Waals surface area contributed by atoms with Crippen LogP contribution in [0, 0.1) is 0 Å². The minimum Gasteiger partial charge on any atom is -0.372 e. The minimum absolute atomic E-state index is 0.0380. The van der Waals surface area contributed by atoms with Crippen LogP contribution in [0.5, 0.6) is 0 Å². The fraction of sp³-hybridized carbons (Fsp3) is 0.704. The molecule has 1 atom stereocenters. The molecule has 0 aliphatic carbocycles. The van der Waals surface area contributed by atoms with Crippen molar-refractivity contribution in [2.75, 3.05) is 31.1 Å². The molecule has 0 spiro atoms. The van der Waals surface area contributed by atoms with Gasteiger partial charge in [-0.2, -0.15) is 10.2 Å². The molecule has 1 aromatic rings. The average molecular weight is 474 g/mol. The Kier molecular flexibility index (Phi) is 13.6. The van der Waals surface area contributed by atoms with Gasteiger partial charge in [0, 0.05) is 35.9 Å². The minimum atomic E-state index is 0.0380. The third-order valence-corrected chi connectivity index (χ3v) is 7.60. The number of hydrogen-bond donors (Lipinski definition) is 1. The van der Waals surface area contributed by atoms with Crippen LogP contribution in [0.3, 0.4) is 0 Å². The van der Waals surface area contributed by atoms with E-state index in [1.807, 2.05) is 0 Å². The van der Waals surface area contributed by atoms with Gasteiger partial charge in [-0.3, -0.25) is 0 Å². The summed E-state index contributed by atoms with van der Waals surface area (Å²) in [6, 6.07) is 8.69. The Morgan fingerprint density at radius 2 is 1.52 bits per heavy atom. The summed E-state index contributed by atoms with van der Waals surface area (Å²) in [4.78, 5) is 6.26. The number of hydrogen-bond acceptors (Lipinski definition) is 6. The lowest BCUT2D eigenvalue weighted by Crippen LogP contribution is -2.27. The first-order valence-corrected chi connectivity index (χ1v) is 14.0. The molecule has 0 saturated heterocycles. The van der Waals surface area contributed by atoms with E-state index in [1.54, 1.807) is 11.8 Å². The standard InChI is InChI=1S/C27H47N5S/c1-5-7-9-12-20-31(21-13-10-8-6-2)26-17-15-25(16-18-26)29-30-27-32(22-14-11-19-28)23(3)24(4)33-27/h15-18,27H,5-14,19-22,28H2,1-4H3. The number of allylic oxidation sites excluding steroid dienone is 2. The Bertz CT molecular complexity index is 704. The van der Waals surface area contributed by atoms with Crippen LogP contribution in [0.4, 0.5) is 11.4 Å². The predicted octanol–water partition coefficient (Wildman–Crippen LogP) is 8.06. The first kappa shape index (κ1) is 27.7.